The van der Waals surface area contributed by atoms with E-state index in [1.807, 2.05) is 17.9 Å². The van der Waals surface area contributed by atoms with Crippen molar-refractivity contribution in [3.8, 4) is 17.2 Å². The molecule has 0 spiro atoms. The molecule has 2 aromatic heterocycles. The number of pyridine rings is 1. The van der Waals surface area contributed by atoms with Crippen LogP contribution in [0.15, 0.2) is 48.5 Å². The van der Waals surface area contributed by atoms with Crippen molar-refractivity contribution in [3.63, 3.8) is 0 Å². The average molecular weight is 773 g/mol. The zero-order valence-corrected chi connectivity index (χ0v) is 31.3. The van der Waals surface area contributed by atoms with Gasteiger partial charge >= 0.3 is 0 Å². The van der Waals surface area contributed by atoms with Crippen molar-refractivity contribution in [2.24, 2.45) is 11.8 Å². The second kappa shape index (κ2) is 13.6. The zero-order chi connectivity index (χ0) is 37.6. The van der Waals surface area contributed by atoms with Crippen molar-refractivity contribution in [2.75, 3.05) is 13.1 Å². The SMILES string of the molecule is Cc1nc2c(F)c(-c3cccc(Cl)c3Cl)c(CCC#N)cc2c2c1cc(C1CC(OC(C)c3c(F)cccc3F)CN1C(=O)C1CC1)n2C1C2CNC1C2. The maximum Gasteiger partial charge on any atom is 0.226 e. The summed E-state index contributed by atoms with van der Waals surface area (Å²) in [4.78, 5) is 20.8. The molecule has 5 aliphatic rings. The van der Waals surface area contributed by atoms with E-state index in [1.54, 1.807) is 25.1 Å². The number of rotatable bonds is 9. The van der Waals surface area contributed by atoms with Crippen molar-refractivity contribution in [1.82, 2.24) is 19.8 Å². The Labute approximate surface area is 321 Å². The Morgan fingerprint density at radius 3 is 2.54 bits per heavy atom. The van der Waals surface area contributed by atoms with Gasteiger partial charge in [0, 0.05) is 71.2 Å². The first kappa shape index (κ1) is 35.6. The molecule has 12 heteroatoms. The van der Waals surface area contributed by atoms with Crippen LogP contribution >= 0.6 is 23.2 Å². The van der Waals surface area contributed by atoms with Gasteiger partial charge in [-0.25, -0.2) is 18.2 Å². The van der Waals surface area contributed by atoms with Gasteiger partial charge in [-0.15, -0.1) is 0 Å². The Balaban J connectivity index is 1.23. The molecule has 1 N–H and O–H groups in total. The van der Waals surface area contributed by atoms with Gasteiger partial charge in [-0.1, -0.05) is 41.4 Å². The molecule has 0 radical (unpaired) electrons. The molecule has 1 amide bonds. The van der Waals surface area contributed by atoms with Crippen molar-refractivity contribution >= 4 is 50.9 Å². The number of ether oxygens (including phenoxy) is 1. The van der Waals surface area contributed by atoms with E-state index >= 15 is 4.39 Å². The lowest BCUT2D eigenvalue weighted by Gasteiger charge is -2.39. The second-order valence-electron chi connectivity index (χ2n) is 15.3. The Morgan fingerprint density at radius 1 is 1.09 bits per heavy atom. The molecule has 3 aliphatic heterocycles. The maximum atomic E-state index is 17.2. The Bertz CT molecular complexity index is 2370. The third kappa shape index (κ3) is 5.69. The summed E-state index contributed by atoms with van der Waals surface area (Å²) in [5.74, 6) is -1.56. The highest BCUT2D eigenvalue weighted by Crippen LogP contribution is 2.51. The number of carbonyl (C=O) groups excluding carboxylic acids is 1. The maximum absolute atomic E-state index is 17.2. The summed E-state index contributed by atoms with van der Waals surface area (Å²) in [7, 11) is 0. The van der Waals surface area contributed by atoms with Crippen LogP contribution in [0.5, 0.6) is 0 Å². The monoisotopic (exact) mass is 771 g/mol. The van der Waals surface area contributed by atoms with Crippen molar-refractivity contribution in [3.05, 3.63) is 98.5 Å². The Morgan fingerprint density at radius 2 is 1.85 bits per heavy atom. The molecule has 5 fully saturated rings. The number of nitrogens with one attached hydrogen (secondary N) is 1. The van der Waals surface area contributed by atoms with Crippen molar-refractivity contribution in [2.45, 2.75) is 82.7 Å². The molecule has 10 rings (SSSR count). The van der Waals surface area contributed by atoms with Gasteiger partial charge in [-0.3, -0.25) is 4.79 Å². The van der Waals surface area contributed by atoms with Crippen LogP contribution < -0.4 is 5.32 Å². The summed E-state index contributed by atoms with van der Waals surface area (Å²) in [5, 5.41) is 15.3. The van der Waals surface area contributed by atoms with E-state index in [9.17, 15) is 18.8 Å². The molecule has 5 heterocycles. The number of nitrogens with zero attached hydrogens (tertiary/aromatic N) is 4. The fourth-order valence-electron chi connectivity index (χ4n) is 9.34. The summed E-state index contributed by atoms with van der Waals surface area (Å²) in [6, 6.07) is 15.0. The average Bonchev–Trinajstić information content (AvgIpc) is 3.42. The predicted molar refractivity (Wildman–Crippen MR) is 202 cm³/mol. The lowest BCUT2D eigenvalue weighted by molar-refractivity contribution is -0.134. The van der Waals surface area contributed by atoms with Crippen LogP contribution in [-0.2, 0) is 16.0 Å². The van der Waals surface area contributed by atoms with Crippen molar-refractivity contribution in [1.29, 1.82) is 5.26 Å². The summed E-state index contributed by atoms with van der Waals surface area (Å²) in [6.07, 6.45) is 2.17. The van der Waals surface area contributed by atoms with Gasteiger partial charge in [0.2, 0.25) is 5.91 Å². The highest BCUT2D eigenvalue weighted by atomic mass is 35.5. The minimum Gasteiger partial charge on any atom is -0.368 e. The van der Waals surface area contributed by atoms with Crippen LogP contribution in [0.3, 0.4) is 0 Å². The number of nitriles is 1. The molecular weight excluding hydrogens is 734 g/mol. The van der Waals surface area contributed by atoms with E-state index in [2.05, 4.69) is 22.0 Å². The molecule has 2 bridgehead atoms. The third-order valence-electron chi connectivity index (χ3n) is 12.0. The van der Waals surface area contributed by atoms with Crippen LogP contribution in [-0.4, -0.2) is 45.6 Å². The molecule has 54 heavy (non-hydrogen) atoms. The number of carbonyl (C=O) groups is 1. The van der Waals surface area contributed by atoms with Gasteiger partial charge < -0.3 is 19.5 Å². The van der Waals surface area contributed by atoms with Gasteiger partial charge in [0.1, 0.15) is 17.2 Å². The van der Waals surface area contributed by atoms with Crippen LogP contribution in [0.1, 0.15) is 79.7 Å². The number of aryl methyl sites for hydroxylation is 2. The number of halogens is 5. The fraction of sp³-hybridized carbons (Fsp3) is 0.405. The van der Waals surface area contributed by atoms with Gasteiger partial charge in [-0.2, -0.15) is 5.26 Å². The van der Waals surface area contributed by atoms with E-state index in [0.717, 1.165) is 42.4 Å². The normalized spacial score (nSPS) is 24.0. The molecule has 278 valence electrons. The topological polar surface area (TPSA) is 83.2 Å². The van der Waals surface area contributed by atoms with E-state index in [0.29, 0.717) is 39.6 Å². The quantitative estimate of drug-likeness (QED) is 0.161. The number of hydrogen-bond donors (Lipinski definition) is 1. The highest BCUT2D eigenvalue weighted by molar-refractivity contribution is 6.43. The fourth-order valence-corrected chi connectivity index (χ4v) is 9.73. The summed E-state index contributed by atoms with van der Waals surface area (Å²) in [6.45, 7) is 4.65. The lowest BCUT2D eigenvalue weighted by atomic mass is 9.79. The lowest BCUT2D eigenvalue weighted by Crippen LogP contribution is -2.41. The first-order valence-corrected chi connectivity index (χ1v) is 19.4. The van der Waals surface area contributed by atoms with Gasteiger partial charge in [0.25, 0.3) is 0 Å². The summed E-state index contributed by atoms with van der Waals surface area (Å²) < 4.78 is 55.6. The number of likely N-dealkylation sites (tertiary alicyclic amines) is 1. The number of aromatic nitrogens is 2. The van der Waals surface area contributed by atoms with Gasteiger partial charge in [0.15, 0.2) is 5.82 Å². The highest BCUT2D eigenvalue weighted by Gasteiger charge is 2.51. The van der Waals surface area contributed by atoms with E-state index in [4.69, 9.17) is 32.9 Å². The number of hydrogen-bond acceptors (Lipinski definition) is 5. The second-order valence-corrected chi connectivity index (χ2v) is 16.1. The van der Waals surface area contributed by atoms with Crippen LogP contribution in [0.25, 0.3) is 32.9 Å². The largest absolute Gasteiger partial charge is 0.368 e. The molecule has 6 unspecified atom stereocenters. The molecule has 5 aromatic rings. The molecule has 3 aromatic carbocycles. The molecule has 2 saturated carbocycles. The molecule has 3 saturated heterocycles. The Hall–Kier alpha value is -4.14. The van der Waals surface area contributed by atoms with Crippen LogP contribution in [0.4, 0.5) is 13.2 Å². The van der Waals surface area contributed by atoms with Gasteiger partial charge in [0.05, 0.1) is 51.5 Å². The van der Waals surface area contributed by atoms with E-state index < -0.39 is 35.7 Å². The minimum atomic E-state index is -0.877. The third-order valence-corrected chi connectivity index (χ3v) is 12.9. The smallest absolute Gasteiger partial charge is 0.226 e. The minimum absolute atomic E-state index is 0.0509. The van der Waals surface area contributed by atoms with Crippen molar-refractivity contribution < 1.29 is 22.7 Å². The van der Waals surface area contributed by atoms with E-state index in [-0.39, 0.29) is 65.0 Å². The molecule has 7 nitrogen and oxygen atoms in total. The Kier molecular flexibility index (Phi) is 8.93. The molecule has 2 aliphatic carbocycles. The number of amides is 1. The number of fused-ring (bicyclic) bond motifs is 4. The summed E-state index contributed by atoms with van der Waals surface area (Å²) >= 11 is 13.1. The first-order valence-electron chi connectivity index (χ1n) is 18.7. The standard InChI is InChI=1S/C42H38Cl2F3N5O2/c1-20-27-17-34(33-16-25(19-51(33)42(53)22-11-12-22)54-21(2)35-30(45)9-4-10-31(35)46)52(40-24-15-32(40)49-18-24)41(27)28-14-23(6-5-13-48)36(38(47)39(28)50-20)26-7-3-8-29(43)37(26)44/h3-4,7-10,14,17,21-22,24-25,32-33,40,49H,5-6,11-12,15-16,18-19H2,1-2H3. The van der Waals surface area contributed by atoms with Crippen LogP contribution in [0.2, 0.25) is 10.0 Å². The zero-order valence-electron chi connectivity index (χ0n) is 29.8. The molecular formula is C42H38Cl2F3N5O2. The molecule has 6 atom stereocenters. The van der Waals surface area contributed by atoms with Gasteiger partial charge in [-0.05, 0) is 81.3 Å². The summed E-state index contributed by atoms with van der Waals surface area (Å²) in [5.41, 5.74) is 3.78. The van der Waals surface area contributed by atoms with Crippen LogP contribution in [0, 0.1) is 47.5 Å². The first-order chi connectivity index (χ1) is 26.0. The number of benzene rings is 3. The predicted octanol–water partition coefficient (Wildman–Crippen LogP) is 9.71. The van der Waals surface area contributed by atoms with E-state index in [1.165, 1.54) is 18.2 Å².